The zero-order valence-electron chi connectivity index (χ0n) is 18.2. The van der Waals surface area contributed by atoms with Crippen molar-refractivity contribution in [1.82, 2.24) is 19.6 Å². The number of ether oxygens (including phenoxy) is 2. The molecule has 0 saturated carbocycles. The molecule has 0 N–H and O–H groups in total. The van der Waals surface area contributed by atoms with Crippen molar-refractivity contribution < 1.29 is 19.1 Å². The number of morpholine rings is 1. The summed E-state index contributed by atoms with van der Waals surface area (Å²) in [4.78, 5) is 30.0. The number of aromatic nitrogens is 2. The van der Waals surface area contributed by atoms with Crippen LogP contribution in [0.5, 0.6) is 5.75 Å². The maximum atomic E-state index is 13.5. The fraction of sp³-hybridized carbons (Fsp3) is 0.522. The highest BCUT2D eigenvalue weighted by atomic mass is 16.5. The van der Waals surface area contributed by atoms with Crippen molar-refractivity contribution in [2.24, 2.45) is 7.05 Å². The number of rotatable bonds is 1. The number of nitrogens with zero attached hydrogens (tertiary/aromatic N) is 4. The number of carbonyl (C=O) groups is 2. The molecule has 0 bridgehead atoms. The number of carbonyl (C=O) groups excluding carboxylic acids is 2. The van der Waals surface area contributed by atoms with E-state index in [2.05, 4.69) is 11.2 Å². The molecule has 1 spiro atoms. The molecule has 2 amide bonds. The molecule has 8 heteroatoms. The van der Waals surface area contributed by atoms with Crippen molar-refractivity contribution >= 4 is 11.8 Å². The Hall–Kier alpha value is -2.87. The molecule has 2 aromatic rings. The molecule has 2 aliphatic heterocycles. The van der Waals surface area contributed by atoms with Gasteiger partial charge in [-0.05, 0) is 43.4 Å². The Morgan fingerprint density at radius 1 is 1.10 bits per heavy atom. The summed E-state index contributed by atoms with van der Waals surface area (Å²) in [6.07, 6.45) is 4.80. The maximum absolute atomic E-state index is 13.5. The van der Waals surface area contributed by atoms with Crippen molar-refractivity contribution in [2.45, 2.75) is 31.3 Å². The Labute approximate surface area is 182 Å². The van der Waals surface area contributed by atoms with E-state index in [0.717, 1.165) is 25.0 Å². The number of hydrogen-bond acceptors (Lipinski definition) is 5. The van der Waals surface area contributed by atoms with Gasteiger partial charge in [0.05, 0.1) is 19.7 Å². The van der Waals surface area contributed by atoms with E-state index in [1.807, 2.05) is 18.2 Å². The molecule has 1 unspecified atom stereocenters. The van der Waals surface area contributed by atoms with Gasteiger partial charge in [0.25, 0.3) is 11.8 Å². The number of para-hydroxylation sites is 1. The number of amides is 2. The monoisotopic (exact) mass is 426 g/mol. The average Bonchev–Trinajstić information content (AvgIpc) is 3.21. The lowest BCUT2D eigenvalue weighted by atomic mass is 9.91. The molecule has 166 valence electrons. The van der Waals surface area contributed by atoms with Crippen LogP contribution >= 0.6 is 0 Å². The zero-order valence-corrected chi connectivity index (χ0v) is 18.2. The van der Waals surface area contributed by atoms with E-state index in [1.54, 1.807) is 40.8 Å². The number of aryl methyl sites for hydroxylation is 2. The van der Waals surface area contributed by atoms with Crippen LogP contribution in [-0.4, -0.2) is 76.9 Å². The Kier molecular flexibility index (Phi) is 6.27. The standard InChI is InChI=1S/C23H30N4O4/c1-25-13-15-30-20-9-4-3-7-18(20)8-5-6-11-23(22(25)29)17-27(14-16-31-23)21(28)19-10-12-24-26(19)2/h3-4,7,9-10,12H,5-6,8,11,13-17H2,1-2H3. The van der Waals surface area contributed by atoms with E-state index in [9.17, 15) is 9.59 Å². The number of fused-ring (bicyclic) bond motifs is 1. The van der Waals surface area contributed by atoms with Crippen molar-refractivity contribution in [2.75, 3.05) is 39.9 Å². The molecule has 31 heavy (non-hydrogen) atoms. The molecule has 1 aromatic heterocycles. The molecule has 1 saturated heterocycles. The van der Waals surface area contributed by atoms with Crippen LogP contribution in [0.4, 0.5) is 0 Å². The van der Waals surface area contributed by atoms with Gasteiger partial charge in [-0.25, -0.2) is 0 Å². The third-order valence-corrected chi connectivity index (χ3v) is 6.18. The molecule has 0 radical (unpaired) electrons. The van der Waals surface area contributed by atoms with E-state index in [1.165, 1.54) is 5.56 Å². The van der Waals surface area contributed by atoms with Gasteiger partial charge in [0.2, 0.25) is 0 Å². The molecule has 1 fully saturated rings. The summed E-state index contributed by atoms with van der Waals surface area (Å²) in [5, 5.41) is 4.10. The van der Waals surface area contributed by atoms with E-state index in [-0.39, 0.29) is 18.4 Å². The second-order valence-corrected chi connectivity index (χ2v) is 8.30. The second kappa shape index (κ2) is 9.09. The highest BCUT2D eigenvalue weighted by molar-refractivity contribution is 5.94. The minimum atomic E-state index is -1.03. The second-order valence-electron chi connectivity index (χ2n) is 8.30. The van der Waals surface area contributed by atoms with Crippen LogP contribution in [0.1, 0.15) is 35.3 Å². The first-order chi connectivity index (χ1) is 15.0. The fourth-order valence-corrected chi connectivity index (χ4v) is 4.41. The molecule has 0 aliphatic carbocycles. The van der Waals surface area contributed by atoms with E-state index in [0.29, 0.717) is 38.4 Å². The van der Waals surface area contributed by atoms with Crippen molar-refractivity contribution in [3.8, 4) is 5.75 Å². The van der Waals surface area contributed by atoms with Gasteiger partial charge < -0.3 is 19.3 Å². The maximum Gasteiger partial charge on any atom is 0.272 e. The highest BCUT2D eigenvalue weighted by Crippen LogP contribution is 2.29. The smallest absolute Gasteiger partial charge is 0.272 e. The van der Waals surface area contributed by atoms with E-state index >= 15 is 0 Å². The Morgan fingerprint density at radius 3 is 2.74 bits per heavy atom. The molecule has 4 rings (SSSR count). The van der Waals surface area contributed by atoms with Crippen LogP contribution in [0.3, 0.4) is 0 Å². The first kappa shape index (κ1) is 21.4. The summed E-state index contributed by atoms with van der Waals surface area (Å²) in [6, 6.07) is 9.78. The third kappa shape index (κ3) is 4.44. The molecule has 8 nitrogen and oxygen atoms in total. The molecule has 3 heterocycles. The van der Waals surface area contributed by atoms with Gasteiger partial charge in [0, 0.05) is 26.8 Å². The lowest BCUT2D eigenvalue weighted by Gasteiger charge is -2.43. The Balaban J connectivity index is 1.54. The first-order valence-corrected chi connectivity index (χ1v) is 10.9. The lowest BCUT2D eigenvalue weighted by Crippen LogP contribution is -2.61. The van der Waals surface area contributed by atoms with Crippen LogP contribution in [0, 0.1) is 0 Å². The predicted octanol–water partition coefficient (Wildman–Crippen LogP) is 1.90. The number of likely N-dealkylation sites (N-methyl/N-ethyl adjacent to an activating group) is 1. The van der Waals surface area contributed by atoms with Gasteiger partial charge in [0.15, 0.2) is 5.60 Å². The third-order valence-electron chi connectivity index (χ3n) is 6.18. The quantitative estimate of drug-likeness (QED) is 0.696. The van der Waals surface area contributed by atoms with Crippen molar-refractivity contribution in [3.63, 3.8) is 0 Å². The topological polar surface area (TPSA) is 76.9 Å². The summed E-state index contributed by atoms with van der Waals surface area (Å²) in [5.74, 6) is 0.675. The molecular weight excluding hydrogens is 396 g/mol. The van der Waals surface area contributed by atoms with Gasteiger partial charge in [0.1, 0.15) is 18.1 Å². The molecule has 2 aliphatic rings. The largest absolute Gasteiger partial charge is 0.491 e. The minimum Gasteiger partial charge on any atom is -0.491 e. The van der Waals surface area contributed by atoms with Crippen LogP contribution in [0.15, 0.2) is 36.5 Å². The SMILES string of the molecule is CN1CCOc2ccccc2CCCCC2(CN(C(=O)c3ccnn3C)CCO2)C1=O. The summed E-state index contributed by atoms with van der Waals surface area (Å²) in [6.45, 7) is 1.90. The minimum absolute atomic E-state index is 0.0903. The van der Waals surface area contributed by atoms with Gasteiger partial charge in [-0.2, -0.15) is 5.10 Å². The van der Waals surface area contributed by atoms with Crippen LogP contribution < -0.4 is 4.74 Å². The van der Waals surface area contributed by atoms with Crippen molar-refractivity contribution in [3.05, 3.63) is 47.8 Å². The highest BCUT2D eigenvalue weighted by Gasteiger charge is 2.46. The van der Waals surface area contributed by atoms with Crippen LogP contribution in [-0.2, 0) is 23.0 Å². The van der Waals surface area contributed by atoms with Crippen LogP contribution in [0.25, 0.3) is 0 Å². The normalized spacial score (nSPS) is 23.0. The van der Waals surface area contributed by atoms with Gasteiger partial charge in [-0.3, -0.25) is 14.3 Å². The summed E-state index contributed by atoms with van der Waals surface area (Å²) in [7, 11) is 3.52. The summed E-state index contributed by atoms with van der Waals surface area (Å²) < 4.78 is 13.7. The zero-order chi connectivity index (χ0) is 21.8. The average molecular weight is 427 g/mol. The molecular formula is C23H30N4O4. The summed E-state index contributed by atoms with van der Waals surface area (Å²) in [5.41, 5.74) is 0.666. The van der Waals surface area contributed by atoms with Gasteiger partial charge in [-0.15, -0.1) is 0 Å². The van der Waals surface area contributed by atoms with E-state index < -0.39 is 5.60 Å². The van der Waals surface area contributed by atoms with Crippen LogP contribution in [0.2, 0.25) is 0 Å². The first-order valence-electron chi connectivity index (χ1n) is 10.9. The molecule has 1 atom stereocenters. The van der Waals surface area contributed by atoms with Gasteiger partial charge in [-0.1, -0.05) is 18.2 Å². The Morgan fingerprint density at radius 2 is 1.94 bits per heavy atom. The molecule has 1 aromatic carbocycles. The number of benzene rings is 1. The van der Waals surface area contributed by atoms with E-state index in [4.69, 9.17) is 9.47 Å². The van der Waals surface area contributed by atoms with Gasteiger partial charge >= 0.3 is 0 Å². The lowest BCUT2D eigenvalue weighted by molar-refractivity contribution is -0.169. The Bertz CT molecular complexity index is 943. The fourth-order valence-electron chi connectivity index (χ4n) is 4.41. The number of hydrogen-bond donors (Lipinski definition) is 0. The van der Waals surface area contributed by atoms with Crippen molar-refractivity contribution in [1.29, 1.82) is 0 Å². The predicted molar refractivity (Wildman–Crippen MR) is 115 cm³/mol. The summed E-state index contributed by atoms with van der Waals surface area (Å²) >= 11 is 0.